The Morgan fingerprint density at radius 3 is 2.92 bits per heavy atom. The molecule has 26 heavy (non-hydrogen) atoms. The molecule has 2 heterocycles. The van der Waals surface area contributed by atoms with E-state index in [1.165, 1.54) is 6.07 Å². The number of hydrogen-bond acceptors (Lipinski definition) is 3. The Hall–Kier alpha value is -2.54. The average molecular weight is 361 g/mol. The smallest absolute Gasteiger partial charge is 0.317 e. The lowest BCUT2D eigenvalue weighted by atomic mass is 10.1. The molecule has 138 valence electrons. The number of piperidine rings is 1. The van der Waals surface area contributed by atoms with Crippen LogP contribution in [-0.2, 0) is 17.9 Å². The van der Waals surface area contributed by atoms with Gasteiger partial charge < -0.3 is 15.0 Å². The second-order valence-electron chi connectivity index (χ2n) is 6.29. The first kappa shape index (κ1) is 18.3. The number of hydrogen-bond donors (Lipinski definition) is 1. The fraction of sp³-hybridized carbons (Fsp3) is 0.368. The average Bonchev–Trinajstić information content (AvgIpc) is 2.68. The summed E-state index contributed by atoms with van der Waals surface area (Å²) in [6.07, 6.45) is 5.19. The molecule has 0 bridgehead atoms. The van der Waals surface area contributed by atoms with Gasteiger partial charge in [-0.15, -0.1) is 0 Å². The number of carbonyl (C=O) groups is 1. The molecule has 7 heteroatoms. The Kier molecular flexibility index (Phi) is 6.12. The van der Waals surface area contributed by atoms with E-state index in [4.69, 9.17) is 4.74 Å². The molecule has 2 amide bonds. The number of nitrogens with zero attached hydrogens (tertiary/aromatic N) is 2. The molecule has 2 aromatic rings. The zero-order valence-corrected chi connectivity index (χ0v) is 14.3. The number of benzene rings is 1. The van der Waals surface area contributed by atoms with Gasteiger partial charge in [0, 0.05) is 32.0 Å². The van der Waals surface area contributed by atoms with Gasteiger partial charge in [-0.25, -0.2) is 13.6 Å². The summed E-state index contributed by atoms with van der Waals surface area (Å²) < 4.78 is 32.0. The molecule has 3 rings (SSSR count). The van der Waals surface area contributed by atoms with Gasteiger partial charge in [0.25, 0.3) is 0 Å². The summed E-state index contributed by atoms with van der Waals surface area (Å²) >= 11 is 0. The van der Waals surface area contributed by atoms with Crippen LogP contribution >= 0.6 is 0 Å². The summed E-state index contributed by atoms with van der Waals surface area (Å²) in [5.74, 6) is -1.82. The minimum Gasteiger partial charge on any atom is -0.372 e. The molecule has 1 N–H and O–H groups in total. The lowest BCUT2D eigenvalue weighted by Crippen LogP contribution is -2.47. The van der Waals surface area contributed by atoms with Crippen molar-refractivity contribution in [1.29, 1.82) is 0 Å². The lowest BCUT2D eigenvalue weighted by Gasteiger charge is -2.32. The summed E-state index contributed by atoms with van der Waals surface area (Å²) in [4.78, 5) is 18.1. The van der Waals surface area contributed by atoms with Crippen molar-refractivity contribution in [2.75, 3.05) is 13.1 Å². The SMILES string of the molecule is O=C(NCc1ccc(F)c(F)c1)N1CCC[C@H](OCc2cccnc2)C1. The number of pyridine rings is 1. The van der Waals surface area contributed by atoms with Gasteiger partial charge in [0.2, 0.25) is 0 Å². The zero-order valence-electron chi connectivity index (χ0n) is 14.3. The third-order valence-electron chi connectivity index (χ3n) is 4.30. The molecule has 1 aromatic heterocycles. The molecule has 0 aliphatic carbocycles. The number of rotatable bonds is 5. The van der Waals surface area contributed by atoms with Crippen molar-refractivity contribution in [3.05, 3.63) is 65.5 Å². The van der Waals surface area contributed by atoms with E-state index in [9.17, 15) is 13.6 Å². The van der Waals surface area contributed by atoms with Crippen LogP contribution < -0.4 is 5.32 Å². The van der Waals surface area contributed by atoms with Gasteiger partial charge in [-0.1, -0.05) is 12.1 Å². The second-order valence-corrected chi connectivity index (χ2v) is 6.29. The Bertz CT molecular complexity index is 743. The third kappa shape index (κ3) is 4.98. The van der Waals surface area contributed by atoms with Crippen LogP contribution in [-0.4, -0.2) is 35.1 Å². The zero-order chi connectivity index (χ0) is 18.4. The standard InChI is InChI=1S/C19H21F2N3O2/c20-17-6-5-14(9-18(17)21)11-23-19(25)24-8-2-4-16(12-24)26-13-15-3-1-7-22-10-15/h1,3,5-7,9-10,16H,2,4,8,11-13H2,(H,23,25)/t16-/m0/s1. The summed E-state index contributed by atoms with van der Waals surface area (Å²) in [5.41, 5.74) is 1.51. The van der Waals surface area contributed by atoms with Crippen molar-refractivity contribution in [2.24, 2.45) is 0 Å². The Balaban J connectivity index is 1.47. The first-order valence-corrected chi connectivity index (χ1v) is 8.59. The molecule has 1 aliphatic heterocycles. The number of urea groups is 1. The van der Waals surface area contributed by atoms with Crippen molar-refractivity contribution in [1.82, 2.24) is 15.2 Å². The predicted octanol–water partition coefficient (Wildman–Crippen LogP) is 3.25. The van der Waals surface area contributed by atoms with E-state index in [1.54, 1.807) is 17.3 Å². The van der Waals surface area contributed by atoms with Crippen LogP contribution in [0.2, 0.25) is 0 Å². The van der Waals surface area contributed by atoms with E-state index in [-0.39, 0.29) is 18.7 Å². The van der Waals surface area contributed by atoms with Crippen LogP contribution in [0.5, 0.6) is 0 Å². The van der Waals surface area contributed by atoms with Gasteiger partial charge in [-0.2, -0.15) is 0 Å². The second kappa shape index (κ2) is 8.71. The van der Waals surface area contributed by atoms with Gasteiger partial charge in [0.15, 0.2) is 11.6 Å². The number of amides is 2. The van der Waals surface area contributed by atoms with E-state index in [0.29, 0.717) is 25.3 Å². The van der Waals surface area contributed by atoms with Crippen LogP contribution in [0, 0.1) is 11.6 Å². The first-order chi connectivity index (χ1) is 12.6. The maximum absolute atomic E-state index is 13.2. The molecular formula is C19H21F2N3O2. The number of carbonyl (C=O) groups excluding carboxylic acids is 1. The molecule has 1 aromatic carbocycles. The maximum atomic E-state index is 13.2. The Morgan fingerprint density at radius 2 is 2.15 bits per heavy atom. The largest absolute Gasteiger partial charge is 0.372 e. The van der Waals surface area contributed by atoms with E-state index in [2.05, 4.69) is 10.3 Å². The van der Waals surface area contributed by atoms with Gasteiger partial charge in [0.05, 0.1) is 12.7 Å². The van der Waals surface area contributed by atoms with E-state index in [0.717, 1.165) is 30.5 Å². The highest BCUT2D eigenvalue weighted by Gasteiger charge is 2.24. The number of ether oxygens (including phenoxy) is 1. The Labute approximate surface area is 151 Å². The van der Waals surface area contributed by atoms with Crippen LogP contribution in [0.25, 0.3) is 0 Å². The van der Waals surface area contributed by atoms with Crippen LogP contribution in [0.4, 0.5) is 13.6 Å². The number of likely N-dealkylation sites (tertiary alicyclic amines) is 1. The van der Waals surface area contributed by atoms with Crippen LogP contribution in [0.15, 0.2) is 42.7 Å². The number of aromatic nitrogens is 1. The van der Waals surface area contributed by atoms with E-state index >= 15 is 0 Å². The van der Waals surface area contributed by atoms with Crippen molar-refractivity contribution in [2.45, 2.75) is 32.1 Å². The molecule has 1 fully saturated rings. The van der Waals surface area contributed by atoms with E-state index < -0.39 is 11.6 Å². The highest BCUT2D eigenvalue weighted by Crippen LogP contribution is 2.15. The highest BCUT2D eigenvalue weighted by atomic mass is 19.2. The Morgan fingerprint density at radius 1 is 1.27 bits per heavy atom. The van der Waals surface area contributed by atoms with Crippen LogP contribution in [0.1, 0.15) is 24.0 Å². The van der Waals surface area contributed by atoms with Crippen molar-refractivity contribution < 1.29 is 18.3 Å². The quantitative estimate of drug-likeness (QED) is 0.889. The molecule has 1 saturated heterocycles. The van der Waals surface area contributed by atoms with Crippen LogP contribution in [0.3, 0.4) is 0 Å². The monoisotopic (exact) mass is 361 g/mol. The molecule has 5 nitrogen and oxygen atoms in total. The lowest BCUT2D eigenvalue weighted by molar-refractivity contribution is -0.000460. The van der Waals surface area contributed by atoms with Crippen molar-refractivity contribution in [3.8, 4) is 0 Å². The van der Waals surface area contributed by atoms with Crippen molar-refractivity contribution in [3.63, 3.8) is 0 Å². The normalized spacial score (nSPS) is 17.2. The molecule has 0 radical (unpaired) electrons. The number of nitrogens with one attached hydrogen (secondary N) is 1. The predicted molar refractivity (Wildman–Crippen MR) is 92.2 cm³/mol. The topological polar surface area (TPSA) is 54.5 Å². The third-order valence-corrected chi connectivity index (χ3v) is 4.30. The fourth-order valence-electron chi connectivity index (χ4n) is 2.90. The molecule has 0 saturated carbocycles. The van der Waals surface area contributed by atoms with Gasteiger partial charge in [-0.05, 0) is 42.2 Å². The first-order valence-electron chi connectivity index (χ1n) is 8.59. The van der Waals surface area contributed by atoms with E-state index in [1.807, 2.05) is 12.1 Å². The molecule has 0 spiro atoms. The fourth-order valence-corrected chi connectivity index (χ4v) is 2.90. The summed E-state index contributed by atoms with van der Waals surface area (Å²) in [6.45, 7) is 1.76. The van der Waals surface area contributed by atoms with Crippen molar-refractivity contribution >= 4 is 6.03 Å². The minimum atomic E-state index is -0.918. The molecular weight excluding hydrogens is 340 g/mol. The number of halogens is 2. The van der Waals surface area contributed by atoms with Gasteiger partial charge in [-0.3, -0.25) is 4.98 Å². The summed E-state index contributed by atoms with van der Waals surface area (Å²) in [7, 11) is 0. The molecule has 1 atom stereocenters. The van der Waals surface area contributed by atoms with Gasteiger partial charge in [0.1, 0.15) is 0 Å². The molecule has 1 aliphatic rings. The summed E-state index contributed by atoms with van der Waals surface area (Å²) in [5, 5.41) is 2.74. The van der Waals surface area contributed by atoms with Gasteiger partial charge >= 0.3 is 6.03 Å². The summed E-state index contributed by atoms with van der Waals surface area (Å²) in [6, 6.07) is 7.17. The molecule has 0 unspecified atom stereocenters. The maximum Gasteiger partial charge on any atom is 0.317 e. The minimum absolute atomic E-state index is 0.0297. The highest BCUT2D eigenvalue weighted by molar-refractivity contribution is 5.74.